The number of carbonyl (C=O) groups excluding carboxylic acids is 1. The Hall–Kier alpha value is -2.88. The van der Waals surface area contributed by atoms with Crippen LogP contribution in [0.1, 0.15) is 40.7 Å². The first-order valence-corrected chi connectivity index (χ1v) is 8.99. The highest BCUT2D eigenvalue weighted by atomic mass is 16.4. The molecule has 4 heteroatoms. The van der Waals surface area contributed by atoms with Crippen molar-refractivity contribution in [3.8, 4) is 0 Å². The van der Waals surface area contributed by atoms with Crippen LogP contribution in [0.2, 0.25) is 0 Å². The van der Waals surface area contributed by atoms with Gasteiger partial charge in [0, 0.05) is 13.0 Å². The largest absolute Gasteiger partial charge is 0.478 e. The summed E-state index contributed by atoms with van der Waals surface area (Å²) in [5, 5.41) is 9.26. The van der Waals surface area contributed by atoms with Gasteiger partial charge in [0.25, 0.3) is 0 Å². The Balaban J connectivity index is 1.62. The number of likely N-dealkylation sites (tertiary alicyclic amines) is 1. The zero-order chi connectivity index (χ0) is 18.4. The average molecular weight is 349 g/mol. The van der Waals surface area contributed by atoms with E-state index in [4.69, 9.17) is 0 Å². The molecule has 1 fully saturated rings. The molecule has 0 aromatic heterocycles. The first-order valence-electron chi connectivity index (χ1n) is 8.99. The lowest BCUT2D eigenvalue weighted by Gasteiger charge is -2.22. The molecule has 0 radical (unpaired) electrons. The molecule has 1 N–H and O–H groups in total. The van der Waals surface area contributed by atoms with Gasteiger partial charge in [-0.25, -0.2) is 4.79 Å². The quantitative estimate of drug-likeness (QED) is 0.857. The summed E-state index contributed by atoms with van der Waals surface area (Å²) in [5.74, 6) is -0.858. The average Bonchev–Trinajstić information content (AvgIpc) is 3.14. The summed E-state index contributed by atoms with van der Waals surface area (Å²) < 4.78 is 0. The standard InChI is InChI=1S/C22H23NO3/c24-21(15-13-18-9-4-5-11-20(18)22(25)26)23-16-6-10-19(23)14-12-17-7-2-1-3-8-17/h1-5,7-9,11-12,14,19H,6,10,13,15-16H2,(H,25,26)/b14-12+. The van der Waals surface area contributed by atoms with Gasteiger partial charge in [0.05, 0.1) is 11.6 Å². The van der Waals surface area contributed by atoms with Crippen molar-refractivity contribution >= 4 is 18.0 Å². The van der Waals surface area contributed by atoms with Crippen LogP contribution in [0.25, 0.3) is 6.08 Å². The van der Waals surface area contributed by atoms with Gasteiger partial charge in [0.1, 0.15) is 0 Å². The zero-order valence-electron chi connectivity index (χ0n) is 14.7. The second-order valence-electron chi connectivity index (χ2n) is 6.53. The van der Waals surface area contributed by atoms with E-state index < -0.39 is 5.97 Å². The fourth-order valence-corrected chi connectivity index (χ4v) is 3.42. The molecule has 1 aliphatic heterocycles. The first kappa shape index (κ1) is 17.9. The van der Waals surface area contributed by atoms with Crippen LogP contribution in [0, 0.1) is 0 Å². The molecule has 0 spiro atoms. The summed E-state index contributed by atoms with van der Waals surface area (Å²) in [7, 11) is 0. The van der Waals surface area contributed by atoms with Gasteiger partial charge in [0.15, 0.2) is 0 Å². The summed E-state index contributed by atoms with van der Waals surface area (Å²) in [6.07, 6.45) is 6.93. The third-order valence-electron chi connectivity index (χ3n) is 4.79. The molecule has 3 rings (SSSR count). The minimum atomic E-state index is -0.946. The second-order valence-corrected chi connectivity index (χ2v) is 6.53. The molecular formula is C22H23NO3. The summed E-state index contributed by atoms with van der Waals surface area (Å²) >= 11 is 0. The number of amides is 1. The van der Waals surface area contributed by atoms with Gasteiger partial charge in [0.2, 0.25) is 5.91 Å². The van der Waals surface area contributed by atoms with E-state index in [1.54, 1.807) is 18.2 Å². The number of carbonyl (C=O) groups is 2. The highest BCUT2D eigenvalue weighted by Crippen LogP contribution is 2.21. The molecule has 2 aromatic rings. The number of carboxylic acids is 1. The van der Waals surface area contributed by atoms with Crippen LogP contribution in [0.5, 0.6) is 0 Å². The Morgan fingerprint density at radius 1 is 1.08 bits per heavy atom. The predicted molar refractivity (Wildman–Crippen MR) is 102 cm³/mol. The molecule has 4 nitrogen and oxygen atoms in total. The van der Waals surface area contributed by atoms with Crippen LogP contribution < -0.4 is 0 Å². The molecule has 2 aromatic carbocycles. The van der Waals surface area contributed by atoms with Crippen molar-refractivity contribution in [3.63, 3.8) is 0 Å². The number of aromatic carboxylic acids is 1. The van der Waals surface area contributed by atoms with Gasteiger partial charge in [-0.2, -0.15) is 0 Å². The van der Waals surface area contributed by atoms with Crippen molar-refractivity contribution in [3.05, 3.63) is 77.4 Å². The molecule has 1 saturated heterocycles. The lowest BCUT2D eigenvalue weighted by molar-refractivity contribution is -0.131. The third-order valence-corrected chi connectivity index (χ3v) is 4.79. The van der Waals surface area contributed by atoms with Crippen LogP contribution >= 0.6 is 0 Å². The molecule has 134 valence electrons. The maximum absolute atomic E-state index is 12.7. The Labute approximate surface area is 153 Å². The highest BCUT2D eigenvalue weighted by Gasteiger charge is 2.26. The molecule has 1 unspecified atom stereocenters. The van der Waals surface area contributed by atoms with Gasteiger partial charge in [-0.3, -0.25) is 4.79 Å². The van der Waals surface area contributed by atoms with Gasteiger partial charge in [-0.05, 0) is 36.5 Å². The number of hydrogen-bond acceptors (Lipinski definition) is 2. The molecule has 0 aliphatic carbocycles. The number of benzene rings is 2. The molecule has 1 amide bonds. The molecule has 1 heterocycles. The van der Waals surface area contributed by atoms with Crippen LogP contribution in [0.15, 0.2) is 60.7 Å². The molecule has 1 aliphatic rings. The monoisotopic (exact) mass is 349 g/mol. The molecule has 0 bridgehead atoms. The number of nitrogens with zero attached hydrogens (tertiary/aromatic N) is 1. The molecular weight excluding hydrogens is 326 g/mol. The third kappa shape index (κ3) is 4.39. The summed E-state index contributed by atoms with van der Waals surface area (Å²) in [6.45, 7) is 0.767. The van der Waals surface area contributed by atoms with Gasteiger partial charge in [-0.15, -0.1) is 0 Å². The van der Waals surface area contributed by atoms with Crippen molar-refractivity contribution in [2.24, 2.45) is 0 Å². The fourth-order valence-electron chi connectivity index (χ4n) is 3.42. The SMILES string of the molecule is O=C(O)c1ccccc1CCC(=O)N1CCCC1/C=C/c1ccccc1. The molecule has 0 saturated carbocycles. The number of rotatable bonds is 6. The zero-order valence-corrected chi connectivity index (χ0v) is 14.7. The van der Waals surface area contributed by atoms with Gasteiger partial charge < -0.3 is 10.0 Å². The van der Waals surface area contributed by atoms with E-state index in [9.17, 15) is 14.7 Å². The summed E-state index contributed by atoms with van der Waals surface area (Å²) in [6, 6.07) is 17.1. The van der Waals surface area contributed by atoms with E-state index in [-0.39, 0.29) is 17.5 Å². The Kier molecular flexibility index (Phi) is 5.84. The minimum Gasteiger partial charge on any atom is -0.478 e. The second kappa shape index (κ2) is 8.48. The van der Waals surface area contributed by atoms with E-state index in [1.807, 2.05) is 41.3 Å². The lowest BCUT2D eigenvalue weighted by atomic mass is 10.0. The van der Waals surface area contributed by atoms with Crippen LogP contribution in [0.3, 0.4) is 0 Å². The van der Waals surface area contributed by atoms with Crippen molar-refractivity contribution in [2.45, 2.75) is 31.7 Å². The van der Waals surface area contributed by atoms with E-state index in [2.05, 4.69) is 12.2 Å². The summed E-state index contributed by atoms with van der Waals surface area (Å²) in [5.41, 5.74) is 2.12. The van der Waals surface area contributed by atoms with Gasteiger partial charge in [-0.1, -0.05) is 60.7 Å². The van der Waals surface area contributed by atoms with Crippen LogP contribution in [-0.2, 0) is 11.2 Å². The number of aryl methyl sites for hydroxylation is 1. The molecule has 26 heavy (non-hydrogen) atoms. The van der Waals surface area contributed by atoms with Gasteiger partial charge >= 0.3 is 5.97 Å². The van der Waals surface area contributed by atoms with Crippen molar-refractivity contribution in [1.82, 2.24) is 4.90 Å². The van der Waals surface area contributed by atoms with Crippen LogP contribution in [-0.4, -0.2) is 34.5 Å². The maximum Gasteiger partial charge on any atom is 0.335 e. The lowest BCUT2D eigenvalue weighted by Crippen LogP contribution is -2.34. The predicted octanol–water partition coefficient (Wildman–Crippen LogP) is 4.02. The minimum absolute atomic E-state index is 0.0883. The molecule has 1 atom stereocenters. The summed E-state index contributed by atoms with van der Waals surface area (Å²) in [4.78, 5) is 25.9. The maximum atomic E-state index is 12.7. The number of hydrogen-bond donors (Lipinski definition) is 1. The van der Waals surface area contributed by atoms with E-state index in [0.717, 1.165) is 24.9 Å². The normalized spacial score (nSPS) is 16.9. The Morgan fingerprint density at radius 3 is 2.58 bits per heavy atom. The van der Waals surface area contributed by atoms with E-state index in [1.165, 1.54) is 0 Å². The number of carboxylic acid groups (broad SMARTS) is 1. The smallest absolute Gasteiger partial charge is 0.335 e. The van der Waals surface area contributed by atoms with E-state index in [0.29, 0.717) is 18.4 Å². The topological polar surface area (TPSA) is 57.6 Å². The van der Waals surface area contributed by atoms with Crippen molar-refractivity contribution < 1.29 is 14.7 Å². The van der Waals surface area contributed by atoms with Crippen LogP contribution in [0.4, 0.5) is 0 Å². The highest BCUT2D eigenvalue weighted by molar-refractivity contribution is 5.89. The van der Waals surface area contributed by atoms with Crippen molar-refractivity contribution in [1.29, 1.82) is 0 Å². The Morgan fingerprint density at radius 2 is 1.81 bits per heavy atom. The van der Waals surface area contributed by atoms with E-state index >= 15 is 0 Å². The fraction of sp³-hybridized carbons (Fsp3) is 0.273. The Bertz CT molecular complexity index is 798. The first-order chi connectivity index (χ1) is 12.6. The van der Waals surface area contributed by atoms with Crippen molar-refractivity contribution in [2.75, 3.05) is 6.54 Å².